The molecule has 0 radical (unpaired) electrons. The molecule has 3 atom stereocenters. The molecule has 2 nitrogen and oxygen atoms in total. The smallest absolute Gasteiger partial charge is 0.0625 e. The van der Waals surface area contributed by atoms with E-state index in [1.807, 2.05) is 6.92 Å². The predicted molar refractivity (Wildman–Crippen MR) is 44.3 cm³/mol. The second-order valence-corrected chi connectivity index (χ2v) is 3.23. The van der Waals surface area contributed by atoms with Crippen molar-refractivity contribution in [2.24, 2.45) is 5.92 Å². The third-order valence-electron chi connectivity index (χ3n) is 2.18. The first kappa shape index (κ1) is 8.75. The summed E-state index contributed by atoms with van der Waals surface area (Å²) >= 11 is 0. The van der Waals surface area contributed by atoms with Crippen molar-refractivity contribution in [2.45, 2.75) is 32.0 Å². The Morgan fingerprint density at radius 1 is 1.82 bits per heavy atom. The summed E-state index contributed by atoms with van der Waals surface area (Å²) in [5, 5.41) is 9.52. The lowest BCUT2D eigenvalue weighted by atomic mass is 9.97. The summed E-state index contributed by atoms with van der Waals surface area (Å²) in [7, 11) is 0. The number of aliphatic hydroxyl groups is 1. The van der Waals surface area contributed by atoms with Gasteiger partial charge in [0.25, 0.3) is 0 Å². The Kier molecular flexibility index (Phi) is 3.09. The van der Waals surface area contributed by atoms with Gasteiger partial charge in [0.2, 0.25) is 0 Å². The van der Waals surface area contributed by atoms with Gasteiger partial charge >= 0.3 is 0 Å². The Morgan fingerprint density at radius 2 is 2.55 bits per heavy atom. The highest BCUT2D eigenvalue weighted by molar-refractivity contribution is 4.81. The maximum absolute atomic E-state index is 9.52. The van der Waals surface area contributed by atoms with Gasteiger partial charge in [0.1, 0.15) is 0 Å². The van der Waals surface area contributed by atoms with Crippen molar-refractivity contribution in [3.05, 3.63) is 12.7 Å². The van der Waals surface area contributed by atoms with Crippen LogP contribution in [0.4, 0.5) is 0 Å². The monoisotopic (exact) mass is 156 g/mol. The van der Waals surface area contributed by atoms with E-state index >= 15 is 0 Å². The highest BCUT2D eigenvalue weighted by Gasteiger charge is 2.27. The molecule has 64 valence electrons. The Hall–Kier alpha value is -0.340. The first-order valence-electron chi connectivity index (χ1n) is 4.14. The van der Waals surface area contributed by atoms with Crippen molar-refractivity contribution in [3.63, 3.8) is 0 Å². The van der Waals surface area contributed by atoms with E-state index in [-0.39, 0.29) is 6.10 Å². The van der Waals surface area contributed by atoms with E-state index in [9.17, 15) is 5.11 Å². The minimum absolute atomic E-state index is 0.252. The Bertz CT molecular complexity index is 134. The summed E-state index contributed by atoms with van der Waals surface area (Å²) in [5.41, 5.74) is 0. The van der Waals surface area contributed by atoms with Crippen LogP contribution in [0.25, 0.3) is 0 Å². The molecule has 1 heterocycles. The van der Waals surface area contributed by atoms with Crippen LogP contribution < -0.4 is 0 Å². The van der Waals surface area contributed by atoms with Gasteiger partial charge in [-0.3, -0.25) is 0 Å². The van der Waals surface area contributed by atoms with Crippen molar-refractivity contribution in [1.82, 2.24) is 0 Å². The van der Waals surface area contributed by atoms with E-state index in [0.717, 1.165) is 6.42 Å². The topological polar surface area (TPSA) is 29.5 Å². The fraction of sp³-hybridized carbons (Fsp3) is 0.778. The molecule has 0 amide bonds. The largest absolute Gasteiger partial charge is 0.392 e. The highest BCUT2D eigenvalue weighted by atomic mass is 16.5. The second kappa shape index (κ2) is 3.88. The molecule has 0 aromatic rings. The van der Waals surface area contributed by atoms with Gasteiger partial charge < -0.3 is 9.84 Å². The molecular weight excluding hydrogens is 140 g/mol. The van der Waals surface area contributed by atoms with Gasteiger partial charge in [-0.05, 0) is 19.8 Å². The van der Waals surface area contributed by atoms with Crippen LogP contribution in [0.3, 0.4) is 0 Å². The van der Waals surface area contributed by atoms with Gasteiger partial charge in [-0.15, -0.1) is 6.58 Å². The van der Waals surface area contributed by atoms with Crippen LogP contribution in [0.1, 0.15) is 19.8 Å². The lowest BCUT2D eigenvalue weighted by Crippen LogP contribution is -2.19. The second-order valence-electron chi connectivity index (χ2n) is 3.23. The molecule has 3 unspecified atom stereocenters. The van der Waals surface area contributed by atoms with Crippen LogP contribution in [0.2, 0.25) is 0 Å². The molecule has 1 N–H and O–H groups in total. The predicted octanol–water partition coefficient (Wildman–Crippen LogP) is 1.35. The number of hydrogen-bond acceptors (Lipinski definition) is 2. The lowest BCUT2D eigenvalue weighted by molar-refractivity contribution is 0.0821. The maximum Gasteiger partial charge on any atom is 0.0625 e. The zero-order chi connectivity index (χ0) is 8.27. The molecule has 0 bridgehead atoms. The van der Waals surface area contributed by atoms with Gasteiger partial charge in [0.15, 0.2) is 0 Å². The van der Waals surface area contributed by atoms with Crippen LogP contribution >= 0.6 is 0 Å². The summed E-state index contributed by atoms with van der Waals surface area (Å²) in [6.07, 6.45) is 3.49. The molecule has 1 aliphatic rings. The average molecular weight is 156 g/mol. The molecule has 11 heavy (non-hydrogen) atoms. The van der Waals surface area contributed by atoms with Gasteiger partial charge in [0.05, 0.1) is 18.8 Å². The fourth-order valence-electron chi connectivity index (χ4n) is 1.48. The summed E-state index contributed by atoms with van der Waals surface area (Å²) in [5.74, 6) is 0.322. The van der Waals surface area contributed by atoms with E-state index in [1.54, 1.807) is 6.08 Å². The van der Waals surface area contributed by atoms with Gasteiger partial charge in [-0.1, -0.05) is 6.08 Å². The molecule has 0 spiro atoms. The third kappa shape index (κ3) is 2.31. The molecule has 0 aromatic carbocycles. The molecule has 1 fully saturated rings. The SMILES string of the molecule is C=CCC(O)C1COC(C)C1. The van der Waals surface area contributed by atoms with E-state index in [0.29, 0.717) is 25.0 Å². The van der Waals surface area contributed by atoms with Gasteiger partial charge in [-0.25, -0.2) is 0 Å². The Morgan fingerprint density at radius 3 is 3.00 bits per heavy atom. The molecule has 2 heteroatoms. The van der Waals surface area contributed by atoms with Crippen LogP contribution in [0.15, 0.2) is 12.7 Å². The first-order valence-corrected chi connectivity index (χ1v) is 4.14. The van der Waals surface area contributed by atoms with Crippen LogP contribution in [0, 0.1) is 5.92 Å². The standard InChI is InChI=1S/C9H16O2/c1-3-4-9(10)8-5-7(2)11-6-8/h3,7-10H,1,4-6H2,2H3. The van der Waals surface area contributed by atoms with Crippen molar-refractivity contribution in [2.75, 3.05) is 6.61 Å². The van der Waals surface area contributed by atoms with Gasteiger partial charge in [0, 0.05) is 5.92 Å². The minimum atomic E-state index is -0.252. The summed E-state index contributed by atoms with van der Waals surface area (Å²) in [4.78, 5) is 0. The molecular formula is C9H16O2. The van der Waals surface area contributed by atoms with Crippen molar-refractivity contribution in [3.8, 4) is 0 Å². The molecule has 1 saturated heterocycles. The molecule has 1 aliphatic heterocycles. The van der Waals surface area contributed by atoms with E-state index in [4.69, 9.17) is 4.74 Å². The van der Waals surface area contributed by atoms with Crippen molar-refractivity contribution < 1.29 is 9.84 Å². The highest BCUT2D eigenvalue weighted by Crippen LogP contribution is 2.23. The molecule has 1 rings (SSSR count). The summed E-state index contributed by atoms with van der Waals surface area (Å²) in [6.45, 7) is 6.34. The normalized spacial score (nSPS) is 33.6. The summed E-state index contributed by atoms with van der Waals surface area (Å²) in [6, 6.07) is 0. The Balaban J connectivity index is 2.30. The van der Waals surface area contributed by atoms with E-state index in [2.05, 4.69) is 6.58 Å². The molecule has 0 aliphatic carbocycles. The fourth-order valence-corrected chi connectivity index (χ4v) is 1.48. The maximum atomic E-state index is 9.52. The quantitative estimate of drug-likeness (QED) is 0.625. The number of aliphatic hydroxyl groups excluding tert-OH is 1. The van der Waals surface area contributed by atoms with Gasteiger partial charge in [-0.2, -0.15) is 0 Å². The number of rotatable bonds is 3. The van der Waals surface area contributed by atoms with Crippen molar-refractivity contribution >= 4 is 0 Å². The molecule has 0 saturated carbocycles. The third-order valence-corrected chi connectivity index (χ3v) is 2.18. The number of hydrogen-bond donors (Lipinski definition) is 1. The zero-order valence-corrected chi connectivity index (χ0v) is 6.99. The first-order chi connectivity index (χ1) is 5.24. The summed E-state index contributed by atoms with van der Waals surface area (Å²) < 4.78 is 5.34. The van der Waals surface area contributed by atoms with E-state index < -0.39 is 0 Å². The van der Waals surface area contributed by atoms with Crippen molar-refractivity contribution in [1.29, 1.82) is 0 Å². The average Bonchev–Trinajstić information content (AvgIpc) is 2.36. The Labute approximate surface area is 67.9 Å². The minimum Gasteiger partial charge on any atom is -0.392 e. The lowest BCUT2D eigenvalue weighted by Gasteiger charge is -2.13. The molecule has 0 aromatic heterocycles. The number of ether oxygens (including phenoxy) is 1. The van der Waals surface area contributed by atoms with Crippen LogP contribution in [-0.2, 0) is 4.74 Å². The zero-order valence-electron chi connectivity index (χ0n) is 6.99. The van der Waals surface area contributed by atoms with Crippen LogP contribution in [0.5, 0.6) is 0 Å². The van der Waals surface area contributed by atoms with Crippen LogP contribution in [-0.4, -0.2) is 23.9 Å². The van der Waals surface area contributed by atoms with E-state index in [1.165, 1.54) is 0 Å².